The van der Waals surface area contributed by atoms with Gasteiger partial charge in [-0.2, -0.15) is 0 Å². The number of aliphatic hydroxyl groups excluding tert-OH is 1. The Bertz CT molecular complexity index is 334. The van der Waals surface area contributed by atoms with Crippen molar-refractivity contribution in [2.45, 2.75) is 31.9 Å². The van der Waals surface area contributed by atoms with Crippen LogP contribution in [0.1, 0.15) is 25.0 Å². The Morgan fingerprint density at radius 3 is 2.81 bits per heavy atom. The van der Waals surface area contributed by atoms with E-state index in [4.69, 9.17) is 4.42 Å². The van der Waals surface area contributed by atoms with Crippen LogP contribution < -0.4 is 5.32 Å². The maximum absolute atomic E-state index is 9.66. The standard InChI is InChI=1S/C11H15Br2NO2/c12-9-4-8(16-11(9)13)6-14-5-7-2-1-3-10(7)15/h4,7,10,14-15H,1-3,5-6H2. The zero-order valence-corrected chi connectivity index (χ0v) is 12.1. The molecule has 1 saturated carbocycles. The molecule has 1 fully saturated rings. The zero-order valence-electron chi connectivity index (χ0n) is 8.88. The summed E-state index contributed by atoms with van der Waals surface area (Å²) < 4.78 is 7.11. The largest absolute Gasteiger partial charge is 0.452 e. The first-order chi connectivity index (χ1) is 7.66. The molecular weight excluding hydrogens is 338 g/mol. The average Bonchev–Trinajstić information content (AvgIpc) is 2.76. The van der Waals surface area contributed by atoms with Gasteiger partial charge in [0.2, 0.25) is 0 Å². The predicted octanol–water partition coefficient (Wildman–Crippen LogP) is 3.06. The topological polar surface area (TPSA) is 45.4 Å². The maximum Gasteiger partial charge on any atom is 0.183 e. The Hall–Kier alpha value is 0.160. The highest BCUT2D eigenvalue weighted by Crippen LogP contribution is 2.27. The summed E-state index contributed by atoms with van der Waals surface area (Å²) >= 11 is 6.68. The van der Waals surface area contributed by atoms with E-state index in [1.807, 2.05) is 6.07 Å². The molecule has 2 N–H and O–H groups in total. The minimum absolute atomic E-state index is 0.123. The summed E-state index contributed by atoms with van der Waals surface area (Å²) in [5.41, 5.74) is 0. The van der Waals surface area contributed by atoms with Gasteiger partial charge in [-0.25, -0.2) is 0 Å². The third kappa shape index (κ3) is 3.09. The Balaban J connectivity index is 1.75. The lowest BCUT2D eigenvalue weighted by Crippen LogP contribution is -2.27. The zero-order chi connectivity index (χ0) is 11.5. The number of aliphatic hydroxyl groups is 1. The van der Waals surface area contributed by atoms with E-state index in [9.17, 15) is 5.11 Å². The number of nitrogens with one attached hydrogen (secondary N) is 1. The Morgan fingerprint density at radius 1 is 1.44 bits per heavy atom. The fourth-order valence-corrected chi connectivity index (χ4v) is 2.77. The normalized spacial score (nSPS) is 25.2. The van der Waals surface area contributed by atoms with Gasteiger partial charge in [0.05, 0.1) is 17.1 Å². The molecule has 1 aromatic heterocycles. The van der Waals surface area contributed by atoms with E-state index >= 15 is 0 Å². The van der Waals surface area contributed by atoms with Crippen LogP contribution >= 0.6 is 31.9 Å². The van der Waals surface area contributed by atoms with Gasteiger partial charge in [-0.3, -0.25) is 0 Å². The van der Waals surface area contributed by atoms with Crippen LogP contribution in [0, 0.1) is 5.92 Å². The fourth-order valence-electron chi connectivity index (χ4n) is 2.11. The molecule has 2 atom stereocenters. The molecule has 3 nitrogen and oxygen atoms in total. The van der Waals surface area contributed by atoms with Gasteiger partial charge in [0.15, 0.2) is 4.67 Å². The molecule has 1 aliphatic carbocycles. The van der Waals surface area contributed by atoms with Gasteiger partial charge in [-0.05, 0) is 56.7 Å². The maximum atomic E-state index is 9.66. The van der Waals surface area contributed by atoms with E-state index in [2.05, 4.69) is 37.2 Å². The van der Waals surface area contributed by atoms with Gasteiger partial charge in [0.1, 0.15) is 5.76 Å². The minimum atomic E-state index is -0.123. The summed E-state index contributed by atoms with van der Waals surface area (Å²) in [6.45, 7) is 1.56. The van der Waals surface area contributed by atoms with E-state index in [1.54, 1.807) is 0 Å². The van der Waals surface area contributed by atoms with Crippen molar-refractivity contribution in [2.75, 3.05) is 6.54 Å². The van der Waals surface area contributed by atoms with Gasteiger partial charge in [-0.15, -0.1) is 0 Å². The Labute approximate surface area is 112 Å². The highest BCUT2D eigenvalue weighted by Gasteiger charge is 2.24. The number of furan rings is 1. The van der Waals surface area contributed by atoms with Gasteiger partial charge >= 0.3 is 0 Å². The summed E-state index contributed by atoms with van der Waals surface area (Å²) in [5, 5.41) is 13.0. The van der Waals surface area contributed by atoms with Crippen molar-refractivity contribution in [3.63, 3.8) is 0 Å². The number of rotatable bonds is 4. The molecule has 90 valence electrons. The highest BCUT2D eigenvalue weighted by molar-refractivity contribution is 9.13. The van der Waals surface area contributed by atoms with E-state index < -0.39 is 0 Å². The third-order valence-corrected chi connectivity index (χ3v) is 4.73. The smallest absolute Gasteiger partial charge is 0.183 e. The van der Waals surface area contributed by atoms with E-state index in [0.29, 0.717) is 12.5 Å². The molecule has 0 bridgehead atoms. The molecule has 0 saturated heterocycles. The second-order valence-corrected chi connectivity index (χ2v) is 5.80. The third-order valence-electron chi connectivity index (χ3n) is 3.02. The molecule has 0 amide bonds. The predicted molar refractivity (Wildman–Crippen MR) is 69.2 cm³/mol. The molecule has 2 rings (SSSR count). The summed E-state index contributed by atoms with van der Waals surface area (Å²) in [5.74, 6) is 1.30. The van der Waals surface area contributed by atoms with Crippen molar-refractivity contribution in [3.8, 4) is 0 Å². The first kappa shape index (κ1) is 12.6. The minimum Gasteiger partial charge on any atom is -0.452 e. The molecular formula is C11H15Br2NO2. The molecule has 1 heterocycles. The van der Waals surface area contributed by atoms with Crippen molar-refractivity contribution in [2.24, 2.45) is 5.92 Å². The van der Waals surface area contributed by atoms with E-state index in [-0.39, 0.29) is 6.10 Å². The summed E-state index contributed by atoms with van der Waals surface area (Å²) in [6.07, 6.45) is 3.09. The van der Waals surface area contributed by atoms with Gasteiger partial charge in [0.25, 0.3) is 0 Å². The van der Waals surface area contributed by atoms with Crippen LogP contribution in [0.5, 0.6) is 0 Å². The van der Waals surface area contributed by atoms with E-state index in [0.717, 1.165) is 40.7 Å². The monoisotopic (exact) mass is 351 g/mol. The summed E-state index contributed by atoms with van der Waals surface area (Å²) in [6, 6.07) is 1.95. The lowest BCUT2D eigenvalue weighted by molar-refractivity contribution is 0.131. The van der Waals surface area contributed by atoms with Gasteiger partial charge in [0, 0.05) is 6.54 Å². The second-order valence-electron chi connectivity index (χ2n) is 4.22. The first-order valence-corrected chi connectivity index (χ1v) is 7.08. The van der Waals surface area contributed by atoms with Crippen LogP contribution in [0.2, 0.25) is 0 Å². The summed E-state index contributed by atoms with van der Waals surface area (Å²) in [7, 11) is 0. The van der Waals surface area contributed by atoms with Crippen LogP contribution in [0.15, 0.2) is 19.6 Å². The van der Waals surface area contributed by atoms with Crippen molar-refractivity contribution >= 4 is 31.9 Å². The van der Waals surface area contributed by atoms with E-state index in [1.165, 1.54) is 0 Å². The number of halogens is 2. The number of hydrogen-bond donors (Lipinski definition) is 2. The lowest BCUT2D eigenvalue weighted by atomic mass is 10.1. The SMILES string of the molecule is OC1CCCC1CNCc1cc(Br)c(Br)o1. The highest BCUT2D eigenvalue weighted by atomic mass is 79.9. The van der Waals surface area contributed by atoms with Crippen LogP contribution in [-0.4, -0.2) is 17.8 Å². The Kier molecular flexibility index (Phi) is 4.47. The van der Waals surface area contributed by atoms with Crippen LogP contribution in [-0.2, 0) is 6.54 Å². The number of hydrogen-bond acceptors (Lipinski definition) is 3. The van der Waals surface area contributed by atoms with Crippen LogP contribution in [0.4, 0.5) is 0 Å². The van der Waals surface area contributed by atoms with Crippen LogP contribution in [0.3, 0.4) is 0 Å². The van der Waals surface area contributed by atoms with Gasteiger partial charge < -0.3 is 14.8 Å². The Morgan fingerprint density at radius 2 is 2.25 bits per heavy atom. The molecule has 0 aromatic carbocycles. The molecule has 0 aliphatic heterocycles. The van der Waals surface area contributed by atoms with Crippen molar-refractivity contribution in [1.82, 2.24) is 5.32 Å². The van der Waals surface area contributed by atoms with Crippen molar-refractivity contribution in [1.29, 1.82) is 0 Å². The van der Waals surface area contributed by atoms with Crippen LogP contribution in [0.25, 0.3) is 0 Å². The molecule has 1 aliphatic rings. The second kappa shape index (κ2) is 5.67. The molecule has 1 aromatic rings. The van der Waals surface area contributed by atoms with Crippen molar-refractivity contribution in [3.05, 3.63) is 21.0 Å². The quantitative estimate of drug-likeness (QED) is 0.875. The first-order valence-electron chi connectivity index (χ1n) is 5.49. The molecule has 16 heavy (non-hydrogen) atoms. The summed E-state index contributed by atoms with van der Waals surface area (Å²) in [4.78, 5) is 0. The lowest BCUT2D eigenvalue weighted by Gasteiger charge is -2.14. The molecule has 5 heteroatoms. The van der Waals surface area contributed by atoms with Gasteiger partial charge in [-0.1, -0.05) is 6.42 Å². The fraction of sp³-hybridized carbons (Fsp3) is 0.636. The van der Waals surface area contributed by atoms with Crippen molar-refractivity contribution < 1.29 is 9.52 Å². The average molecular weight is 353 g/mol. The molecule has 0 radical (unpaired) electrons. The molecule has 0 spiro atoms. The molecule has 2 unspecified atom stereocenters.